The van der Waals surface area contributed by atoms with E-state index in [1.807, 2.05) is 46.8 Å². The van der Waals surface area contributed by atoms with E-state index in [1.54, 1.807) is 6.21 Å². The highest BCUT2D eigenvalue weighted by atomic mass is 14.7. The first-order valence-corrected chi connectivity index (χ1v) is 5.93. The molecule has 0 aromatic carbocycles. The largest absolute Gasteiger partial charge is 0.265 e. The van der Waals surface area contributed by atoms with Crippen molar-refractivity contribution in [2.75, 3.05) is 0 Å². The van der Waals surface area contributed by atoms with Crippen LogP contribution in [0, 0.1) is 0 Å². The fraction of sp³-hybridized carbons (Fsp3) is 0.312. The van der Waals surface area contributed by atoms with Crippen molar-refractivity contribution in [1.82, 2.24) is 0 Å². The maximum Gasteiger partial charge on any atom is 0.0339 e. The molecule has 0 aromatic rings. The second kappa shape index (κ2) is 16.8. The van der Waals surface area contributed by atoms with E-state index in [9.17, 15) is 0 Å². The monoisotopic (exact) mass is 233 g/mol. The second-order valence-electron chi connectivity index (χ2n) is 2.69. The molecule has 0 amide bonds. The Bertz CT molecular complexity index is 291. The Morgan fingerprint density at radius 1 is 0.882 bits per heavy atom. The van der Waals surface area contributed by atoms with Crippen LogP contribution in [0.2, 0.25) is 0 Å². The number of hydrogen-bond acceptors (Lipinski definition) is 1. The molecule has 0 saturated carbocycles. The Morgan fingerprint density at radius 2 is 1.35 bits per heavy atom. The lowest BCUT2D eigenvalue weighted by molar-refractivity contribution is 1.50. The molecule has 0 N–H and O–H groups in total. The summed E-state index contributed by atoms with van der Waals surface area (Å²) in [6.07, 6.45) is 6.83. The Hall–Kier alpha value is -1.63. The Morgan fingerprint density at radius 3 is 1.71 bits per heavy atom. The highest BCUT2D eigenvalue weighted by Crippen LogP contribution is 2.05. The van der Waals surface area contributed by atoms with Gasteiger partial charge in [-0.3, -0.25) is 4.99 Å². The summed E-state index contributed by atoms with van der Waals surface area (Å²) in [5.74, 6) is 0. The van der Waals surface area contributed by atoms with Crippen molar-refractivity contribution in [1.29, 1.82) is 0 Å². The van der Waals surface area contributed by atoms with E-state index in [2.05, 4.69) is 31.3 Å². The molecule has 0 bridgehead atoms. The van der Waals surface area contributed by atoms with Gasteiger partial charge in [0.15, 0.2) is 0 Å². The maximum atomic E-state index is 3.84. The maximum absolute atomic E-state index is 3.84. The normalized spacial score (nSPS) is 8.76. The number of allylic oxidation sites excluding steroid dienone is 5. The number of hydrogen-bond donors (Lipinski definition) is 0. The van der Waals surface area contributed by atoms with E-state index in [-0.39, 0.29) is 0 Å². The van der Waals surface area contributed by atoms with E-state index >= 15 is 0 Å². The van der Waals surface area contributed by atoms with Gasteiger partial charge < -0.3 is 0 Å². The van der Waals surface area contributed by atoms with Crippen LogP contribution in [0.15, 0.2) is 66.4 Å². The van der Waals surface area contributed by atoms with Crippen LogP contribution in [0.1, 0.15) is 34.6 Å². The van der Waals surface area contributed by atoms with Gasteiger partial charge in [-0.15, -0.1) is 0 Å². The summed E-state index contributed by atoms with van der Waals surface area (Å²) in [7, 11) is 0. The van der Waals surface area contributed by atoms with Crippen LogP contribution >= 0.6 is 0 Å². The number of aliphatic imine (C=N–C) groups is 1. The van der Waals surface area contributed by atoms with Crippen LogP contribution in [0.3, 0.4) is 0 Å². The fourth-order valence-electron chi connectivity index (χ4n) is 0.575. The van der Waals surface area contributed by atoms with Crippen molar-refractivity contribution in [2.45, 2.75) is 34.6 Å². The molecule has 0 spiro atoms. The fourth-order valence-corrected chi connectivity index (χ4v) is 0.575. The van der Waals surface area contributed by atoms with Crippen LogP contribution < -0.4 is 0 Å². The SMILES string of the molecule is C=CN=CC(=C)C(=C)/C=C\C(=C)C.CC.CC. The van der Waals surface area contributed by atoms with E-state index in [0.29, 0.717) is 0 Å². The number of rotatable bonds is 5. The van der Waals surface area contributed by atoms with Gasteiger partial charge in [-0.05, 0) is 18.1 Å². The highest BCUT2D eigenvalue weighted by molar-refractivity contribution is 5.85. The van der Waals surface area contributed by atoms with Crippen molar-refractivity contribution < 1.29 is 0 Å². The Labute approximate surface area is 108 Å². The summed E-state index contributed by atoms with van der Waals surface area (Å²) in [6.45, 7) is 24.7. The molecule has 0 radical (unpaired) electrons. The van der Waals surface area contributed by atoms with Crippen molar-refractivity contribution in [3.63, 3.8) is 0 Å². The molecule has 0 atom stereocenters. The molecular formula is C16H27N. The van der Waals surface area contributed by atoms with Gasteiger partial charge in [0.05, 0.1) is 0 Å². The topological polar surface area (TPSA) is 12.4 Å². The molecule has 17 heavy (non-hydrogen) atoms. The summed E-state index contributed by atoms with van der Waals surface area (Å²) in [5.41, 5.74) is 2.58. The third-order valence-electron chi connectivity index (χ3n) is 1.32. The molecule has 0 aliphatic carbocycles. The molecule has 0 aliphatic rings. The van der Waals surface area contributed by atoms with Gasteiger partial charge in [-0.2, -0.15) is 0 Å². The number of nitrogens with zero attached hydrogens (tertiary/aromatic N) is 1. The summed E-state index contributed by atoms with van der Waals surface area (Å²) < 4.78 is 0. The molecular weight excluding hydrogens is 206 g/mol. The van der Waals surface area contributed by atoms with Gasteiger partial charge in [0.2, 0.25) is 0 Å². The molecule has 0 saturated heterocycles. The third-order valence-corrected chi connectivity index (χ3v) is 1.32. The summed E-state index contributed by atoms with van der Waals surface area (Å²) in [4.78, 5) is 3.84. The smallest absolute Gasteiger partial charge is 0.0339 e. The predicted molar refractivity (Wildman–Crippen MR) is 83.6 cm³/mol. The molecule has 96 valence electrons. The zero-order chi connectivity index (χ0) is 14.3. The molecule has 1 heteroatoms. The van der Waals surface area contributed by atoms with Gasteiger partial charge in [-0.25, -0.2) is 0 Å². The zero-order valence-corrected chi connectivity index (χ0v) is 12.1. The average molecular weight is 233 g/mol. The third kappa shape index (κ3) is 17.0. The predicted octanol–water partition coefficient (Wildman–Crippen LogP) is 5.50. The van der Waals surface area contributed by atoms with Crippen LogP contribution in [0.4, 0.5) is 0 Å². The van der Waals surface area contributed by atoms with Crippen LogP contribution in [0.25, 0.3) is 0 Å². The van der Waals surface area contributed by atoms with Crippen LogP contribution in [-0.2, 0) is 0 Å². The van der Waals surface area contributed by atoms with Crippen LogP contribution in [-0.4, -0.2) is 6.21 Å². The van der Waals surface area contributed by atoms with E-state index in [0.717, 1.165) is 16.7 Å². The summed E-state index contributed by atoms with van der Waals surface area (Å²) in [6, 6.07) is 0. The van der Waals surface area contributed by atoms with E-state index in [1.165, 1.54) is 6.20 Å². The average Bonchev–Trinajstić information content (AvgIpc) is 2.37. The first-order chi connectivity index (χ1) is 8.07. The molecule has 0 fully saturated rings. The minimum Gasteiger partial charge on any atom is -0.265 e. The Balaban J connectivity index is -0.000000439. The zero-order valence-electron chi connectivity index (χ0n) is 12.1. The van der Waals surface area contributed by atoms with E-state index in [4.69, 9.17) is 0 Å². The minimum atomic E-state index is 0.775. The second-order valence-corrected chi connectivity index (χ2v) is 2.69. The van der Waals surface area contributed by atoms with Gasteiger partial charge >= 0.3 is 0 Å². The molecule has 1 nitrogen and oxygen atoms in total. The summed E-state index contributed by atoms with van der Waals surface area (Å²) >= 11 is 0. The molecule has 0 rings (SSSR count). The summed E-state index contributed by atoms with van der Waals surface area (Å²) in [5, 5.41) is 0. The minimum absolute atomic E-state index is 0.775. The Kier molecular flexibility index (Phi) is 20.5. The van der Waals surface area contributed by atoms with Gasteiger partial charge in [0, 0.05) is 12.4 Å². The van der Waals surface area contributed by atoms with Crippen molar-refractivity contribution in [3.8, 4) is 0 Å². The lowest BCUT2D eigenvalue weighted by Gasteiger charge is -1.96. The highest BCUT2D eigenvalue weighted by Gasteiger charge is 1.90. The molecule has 0 aromatic heterocycles. The lowest BCUT2D eigenvalue weighted by atomic mass is 10.1. The van der Waals surface area contributed by atoms with E-state index < -0.39 is 0 Å². The molecule has 0 heterocycles. The first-order valence-electron chi connectivity index (χ1n) is 5.93. The molecule has 0 unspecified atom stereocenters. The van der Waals surface area contributed by atoms with Crippen molar-refractivity contribution in [3.05, 3.63) is 61.4 Å². The van der Waals surface area contributed by atoms with Crippen molar-refractivity contribution in [2.24, 2.45) is 4.99 Å². The first kappa shape index (κ1) is 20.7. The van der Waals surface area contributed by atoms with Gasteiger partial charge in [0.25, 0.3) is 0 Å². The van der Waals surface area contributed by atoms with Gasteiger partial charge in [0.1, 0.15) is 0 Å². The van der Waals surface area contributed by atoms with Gasteiger partial charge in [-0.1, -0.05) is 71.7 Å². The van der Waals surface area contributed by atoms with Crippen LogP contribution in [0.5, 0.6) is 0 Å². The molecule has 0 aliphatic heterocycles. The lowest BCUT2D eigenvalue weighted by Crippen LogP contribution is -1.83. The quantitative estimate of drug-likeness (QED) is 0.439. The standard InChI is InChI=1S/C12H15N.2C2H6/c1-6-13-9-12(5)11(4)8-7-10(2)3;2*1-2/h6-9H,1-2,4-5H2,3H3;2*1-2H3/b8-7-,13-9?;;. The van der Waals surface area contributed by atoms with Crippen molar-refractivity contribution >= 4 is 6.21 Å².